The fraction of sp³-hybridized carbons (Fsp3) is 0.588. The van der Waals surface area contributed by atoms with Crippen LogP contribution in [0.15, 0.2) is 30.6 Å². The highest BCUT2D eigenvalue weighted by Gasteiger charge is 2.41. The van der Waals surface area contributed by atoms with Crippen LogP contribution in [0.1, 0.15) is 43.2 Å². The summed E-state index contributed by atoms with van der Waals surface area (Å²) in [5.74, 6) is 0.0747. The van der Waals surface area contributed by atoms with Gasteiger partial charge in [0.15, 0.2) is 6.33 Å². The van der Waals surface area contributed by atoms with Gasteiger partial charge in [0.05, 0.1) is 6.04 Å². The SMILES string of the molecule is Fc1ccc(C2CC(N3CCCC(F)C3)C(n3ncnn3)C2)cc1. The molecule has 1 saturated carbocycles. The van der Waals surface area contributed by atoms with Gasteiger partial charge in [-0.2, -0.15) is 4.80 Å². The maximum absolute atomic E-state index is 13.9. The fourth-order valence-corrected chi connectivity index (χ4v) is 4.22. The van der Waals surface area contributed by atoms with Gasteiger partial charge in [-0.25, -0.2) is 8.78 Å². The van der Waals surface area contributed by atoms with Gasteiger partial charge in [-0.05, 0) is 61.1 Å². The Morgan fingerprint density at radius 2 is 1.88 bits per heavy atom. The first-order valence-electron chi connectivity index (χ1n) is 8.57. The first-order chi connectivity index (χ1) is 11.7. The lowest BCUT2D eigenvalue weighted by atomic mass is 9.97. The molecule has 0 bridgehead atoms. The van der Waals surface area contributed by atoms with E-state index in [4.69, 9.17) is 0 Å². The highest BCUT2D eigenvalue weighted by atomic mass is 19.1. The van der Waals surface area contributed by atoms with Gasteiger partial charge >= 0.3 is 0 Å². The van der Waals surface area contributed by atoms with Gasteiger partial charge in [0.1, 0.15) is 12.0 Å². The van der Waals surface area contributed by atoms with E-state index in [1.165, 1.54) is 18.5 Å². The average Bonchev–Trinajstić information content (AvgIpc) is 3.25. The third-order valence-electron chi connectivity index (χ3n) is 5.36. The van der Waals surface area contributed by atoms with Crippen LogP contribution >= 0.6 is 0 Å². The number of alkyl halides is 1. The van der Waals surface area contributed by atoms with Crippen LogP contribution in [-0.4, -0.2) is 50.4 Å². The van der Waals surface area contributed by atoms with Crippen LogP contribution in [0.2, 0.25) is 0 Å². The molecule has 2 aromatic rings. The number of hydrogen-bond donors (Lipinski definition) is 0. The molecule has 2 fully saturated rings. The molecule has 2 heterocycles. The molecule has 2 aliphatic rings. The Bertz CT molecular complexity index is 660. The van der Waals surface area contributed by atoms with E-state index in [1.54, 1.807) is 4.80 Å². The highest BCUT2D eigenvalue weighted by molar-refractivity contribution is 5.23. The fourth-order valence-electron chi connectivity index (χ4n) is 4.22. The van der Waals surface area contributed by atoms with Crippen LogP contribution in [-0.2, 0) is 0 Å². The lowest BCUT2D eigenvalue weighted by Crippen LogP contribution is -2.45. The number of likely N-dealkylation sites (tertiary alicyclic amines) is 1. The van der Waals surface area contributed by atoms with Crippen molar-refractivity contribution < 1.29 is 8.78 Å². The summed E-state index contributed by atoms with van der Waals surface area (Å²) in [6.45, 7) is 1.39. The summed E-state index contributed by atoms with van der Waals surface area (Å²) < 4.78 is 27.1. The van der Waals surface area contributed by atoms with Crippen molar-refractivity contribution in [3.05, 3.63) is 42.0 Å². The summed E-state index contributed by atoms with van der Waals surface area (Å²) in [4.78, 5) is 3.90. The Morgan fingerprint density at radius 3 is 2.58 bits per heavy atom. The van der Waals surface area contributed by atoms with E-state index in [0.717, 1.165) is 31.4 Å². The van der Waals surface area contributed by atoms with E-state index >= 15 is 0 Å². The second kappa shape index (κ2) is 6.55. The number of aromatic nitrogens is 4. The molecule has 4 unspecified atom stereocenters. The van der Waals surface area contributed by atoms with Gasteiger partial charge in [-0.3, -0.25) is 4.90 Å². The van der Waals surface area contributed by atoms with E-state index < -0.39 is 6.17 Å². The van der Waals surface area contributed by atoms with Crippen LogP contribution in [0, 0.1) is 5.82 Å². The van der Waals surface area contributed by atoms with Crippen LogP contribution < -0.4 is 0 Å². The Balaban J connectivity index is 1.59. The Labute approximate surface area is 139 Å². The summed E-state index contributed by atoms with van der Waals surface area (Å²) in [6, 6.07) is 6.97. The Kier molecular flexibility index (Phi) is 4.26. The highest BCUT2D eigenvalue weighted by Crippen LogP contribution is 2.43. The quantitative estimate of drug-likeness (QED) is 0.866. The Hall–Kier alpha value is -1.89. The molecule has 4 rings (SSSR count). The molecular formula is C17H21F2N5. The molecule has 1 saturated heterocycles. The monoisotopic (exact) mass is 333 g/mol. The largest absolute Gasteiger partial charge is 0.295 e. The van der Waals surface area contributed by atoms with E-state index in [0.29, 0.717) is 18.9 Å². The van der Waals surface area contributed by atoms with Crippen LogP contribution in [0.5, 0.6) is 0 Å². The number of nitrogens with zero attached hydrogens (tertiary/aromatic N) is 5. The number of halogens is 2. The van der Waals surface area contributed by atoms with Crippen LogP contribution in [0.4, 0.5) is 8.78 Å². The summed E-state index contributed by atoms with van der Waals surface area (Å²) in [7, 11) is 0. The minimum absolute atomic E-state index is 0.0767. The molecule has 1 aromatic heterocycles. The number of piperidine rings is 1. The number of benzene rings is 1. The van der Waals surface area contributed by atoms with Gasteiger partial charge < -0.3 is 0 Å². The zero-order chi connectivity index (χ0) is 16.5. The molecule has 1 aliphatic carbocycles. The van der Waals surface area contributed by atoms with Gasteiger partial charge in [0.25, 0.3) is 0 Å². The van der Waals surface area contributed by atoms with Crippen LogP contribution in [0.3, 0.4) is 0 Å². The molecule has 7 heteroatoms. The zero-order valence-electron chi connectivity index (χ0n) is 13.4. The van der Waals surface area contributed by atoms with Crippen molar-refractivity contribution >= 4 is 0 Å². The molecule has 1 aromatic carbocycles. The topological polar surface area (TPSA) is 46.8 Å². The lowest BCUT2D eigenvalue weighted by molar-refractivity contribution is 0.0764. The number of hydrogen-bond acceptors (Lipinski definition) is 4. The van der Waals surface area contributed by atoms with Gasteiger partial charge in [-0.15, -0.1) is 10.2 Å². The van der Waals surface area contributed by atoms with Gasteiger partial charge in [0, 0.05) is 12.6 Å². The zero-order valence-corrected chi connectivity index (χ0v) is 13.4. The van der Waals surface area contributed by atoms with Crippen molar-refractivity contribution in [2.24, 2.45) is 0 Å². The van der Waals surface area contributed by atoms with Crippen molar-refractivity contribution in [2.45, 2.75) is 49.9 Å². The predicted octanol–water partition coefficient (Wildman–Crippen LogP) is 2.73. The smallest absolute Gasteiger partial charge is 0.162 e. The van der Waals surface area contributed by atoms with Gasteiger partial charge in [0.2, 0.25) is 0 Å². The molecule has 24 heavy (non-hydrogen) atoms. The van der Waals surface area contributed by atoms with Crippen molar-refractivity contribution in [1.29, 1.82) is 0 Å². The van der Waals surface area contributed by atoms with Crippen molar-refractivity contribution in [3.63, 3.8) is 0 Å². The molecule has 5 nitrogen and oxygen atoms in total. The molecule has 128 valence electrons. The molecule has 0 radical (unpaired) electrons. The summed E-state index contributed by atoms with van der Waals surface area (Å²) >= 11 is 0. The molecule has 1 aliphatic heterocycles. The van der Waals surface area contributed by atoms with Crippen molar-refractivity contribution in [2.75, 3.05) is 13.1 Å². The van der Waals surface area contributed by atoms with Gasteiger partial charge in [-0.1, -0.05) is 12.1 Å². The normalized spacial score (nSPS) is 31.4. The predicted molar refractivity (Wildman–Crippen MR) is 84.7 cm³/mol. The van der Waals surface area contributed by atoms with Crippen molar-refractivity contribution in [1.82, 2.24) is 25.1 Å². The molecule has 0 amide bonds. The standard InChI is InChI=1S/C17H21F2N5/c18-14-5-3-12(4-6-14)13-8-16(23-7-1-2-15(19)10-23)17(9-13)24-21-11-20-22-24/h3-6,11,13,15-17H,1-2,7-10H2. The molecule has 4 atom stereocenters. The first-order valence-corrected chi connectivity index (χ1v) is 8.57. The summed E-state index contributed by atoms with van der Waals surface area (Å²) in [6.07, 6.45) is 3.99. The van der Waals surface area contributed by atoms with Crippen molar-refractivity contribution in [3.8, 4) is 0 Å². The first kappa shape index (κ1) is 15.6. The third kappa shape index (κ3) is 3.05. The summed E-state index contributed by atoms with van der Waals surface area (Å²) in [5, 5.41) is 12.1. The maximum Gasteiger partial charge on any atom is 0.162 e. The maximum atomic E-state index is 13.9. The summed E-state index contributed by atoms with van der Waals surface area (Å²) in [5.41, 5.74) is 1.12. The molecule has 0 spiro atoms. The number of rotatable bonds is 3. The number of tetrazole rings is 1. The Morgan fingerprint density at radius 1 is 1.08 bits per heavy atom. The minimum Gasteiger partial charge on any atom is -0.295 e. The van der Waals surface area contributed by atoms with E-state index in [2.05, 4.69) is 20.3 Å². The average molecular weight is 333 g/mol. The van der Waals surface area contributed by atoms with E-state index in [9.17, 15) is 8.78 Å². The third-order valence-corrected chi connectivity index (χ3v) is 5.36. The van der Waals surface area contributed by atoms with E-state index in [-0.39, 0.29) is 17.9 Å². The second-order valence-electron chi connectivity index (χ2n) is 6.85. The minimum atomic E-state index is -0.757. The molecular weight excluding hydrogens is 312 g/mol. The molecule has 0 N–H and O–H groups in total. The lowest BCUT2D eigenvalue weighted by Gasteiger charge is -2.36. The van der Waals surface area contributed by atoms with E-state index in [1.807, 2.05) is 12.1 Å². The van der Waals surface area contributed by atoms with Crippen LogP contribution in [0.25, 0.3) is 0 Å². The second-order valence-corrected chi connectivity index (χ2v) is 6.85.